The van der Waals surface area contributed by atoms with E-state index in [4.69, 9.17) is 0 Å². The van der Waals surface area contributed by atoms with Gasteiger partial charge in [-0.2, -0.15) is 0 Å². The van der Waals surface area contributed by atoms with Crippen molar-refractivity contribution in [2.45, 2.75) is 19.4 Å². The molecule has 0 aliphatic heterocycles. The van der Waals surface area contributed by atoms with E-state index in [9.17, 15) is 17.6 Å². The van der Waals surface area contributed by atoms with Crippen molar-refractivity contribution in [1.82, 2.24) is 4.57 Å². The lowest BCUT2D eigenvalue weighted by Crippen LogP contribution is -2.05. The van der Waals surface area contributed by atoms with Gasteiger partial charge in [-0.15, -0.1) is 0 Å². The lowest BCUT2D eigenvalue weighted by atomic mass is 10.1. The molecule has 0 radical (unpaired) electrons. The molecule has 2 aromatic rings. The predicted octanol–water partition coefficient (Wildman–Crippen LogP) is 3.68. The van der Waals surface area contributed by atoms with Gasteiger partial charge >= 0.3 is 0 Å². The van der Waals surface area contributed by atoms with E-state index in [1.54, 1.807) is 12.4 Å². The van der Waals surface area contributed by atoms with Crippen LogP contribution in [0.1, 0.15) is 12.0 Å². The summed E-state index contributed by atoms with van der Waals surface area (Å²) in [6.07, 6.45) is 3.95. The zero-order chi connectivity index (χ0) is 13.1. The Morgan fingerprint density at radius 2 is 1.44 bits per heavy atom. The number of rotatable bonds is 4. The van der Waals surface area contributed by atoms with Crippen LogP contribution in [0.4, 0.5) is 17.6 Å². The molecule has 0 spiro atoms. The molecule has 0 amide bonds. The lowest BCUT2D eigenvalue weighted by molar-refractivity contribution is 0.435. The van der Waals surface area contributed by atoms with Gasteiger partial charge in [0, 0.05) is 30.6 Å². The molecule has 0 atom stereocenters. The second-order valence-electron chi connectivity index (χ2n) is 3.97. The standard InChI is InChI=1S/C13H11F4N/c14-10-8-11(15)13(17)9(12(10)16)4-3-7-18-5-1-2-6-18/h1-2,5-6,8H,3-4,7H2. The molecule has 0 saturated carbocycles. The van der Waals surface area contributed by atoms with Crippen molar-refractivity contribution in [3.63, 3.8) is 0 Å². The van der Waals surface area contributed by atoms with E-state index in [0.29, 0.717) is 13.0 Å². The highest BCUT2D eigenvalue weighted by molar-refractivity contribution is 5.22. The van der Waals surface area contributed by atoms with Crippen LogP contribution >= 0.6 is 0 Å². The fourth-order valence-corrected chi connectivity index (χ4v) is 1.80. The molecule has 0 N–H and O–H groups in total. The maximum atomic E-state index is 13.3. The summed E-state index contributed by atoms with van der Waals surface area (Å²) < 4.78 is 54.3. The van der Waals surface area contributed by atoms with Crippen LogP contribution < -0.4 is 0 Å². The van der Waals surface area contributed by atoms with E-state index in [2.05, 4.69) is 0 Å². The van der Waals surface area contributed by atoms with E-state index in [0.717, 1.165) is 0 Å². The van der Waals surface area contributed by atoms with Gasteiger partial charge in [0.1, 0.15) is 0 Å². The zero-order valence-corrected chi connectivity index (χ0v) is 9.47. The summed E-state index contributed by atoms with van der Waals surface area (Å²) in [5.41, 5.74) is -0.528. The van der Waals surface area contributed by atoms with E-state index >= 15 is 0 Å². The number of hydrogen-bond acceptors (Lipinski definition) is 0. The average Bonchev–Trinajstić information content (AvgIpc) is 2.84. The van der Waals surface area contributed by atoms with E-state index in [1.807, 2.05) is 16.7 Å². The molecular weight excluding hydrogens is 246 g/mol. The van der Waals surface area contributed by atoms with E-state index in [1.165, 1.54) is 0 Å². The number of benzene rings is 1. The highest BCUT2D eigenvalue weighted by Gasteiger charge is 2.18. The second-order valence-corrected chi connectivity index (χ2v) is 3.97. The maximum absolute atomic E-state index is 13.3. The Balaban J connectivity index is 2.09. The van der Waals surface area contributed by atoms with Gasteiger partial charge in [-0.05, 0) is 25.0 Å². The molecular formula is C13H11F4N. The summed E-state index contributed by atoms with van der Waals surface area (Å²) in [6.45, 7) is 0.532. The Kier molecular flexibility index (Phi) is 3.69. The second kappa shape index (κ2) is 5.25. The van der Waals surface area contributed by atoms with Crippen LogP contribution in [0, 0.1) is 23.3 Å². The Hall–Kier alpha value is -1.78. The minimum Gasteiger partial charge on any atom is -0.354 e. The Bertz CT molecular complexity index is 508. The van der Waals surface area contributed by atoms with Gasteiger partial charge < -0.3 is 4.57 Å². The van der Waals surface area contributed by atoms with Gasteiger partial charge in [0.05, 0.1) is 0 Å². The minimum absolute atomic E-state index is 0.0511. The van der Waals surface area contributed by atoms with Gasteiger partial charge in [0.25, 0.3) is 0 Å². The Morgan fingerprint density at radius 1 is 0.889 bits per heavy atom. The summed E-state index contributed by atoms with van der Waals surface area (Å²) in [4.78, 5) is 0. The van der Waals surface area contributed by atoms with Crippen LogP contribution in [0.25, 0.3) is 0 Å². The molecule has 0 unspecified atom stereocenters. The quantitative estimate of drug-likeness (QED) is 0.581. The van der Waals surface area contributed by atoms with Crippen LogP contribution in [0.2, 0.25) is 0 Å². The number of aromatic nitrogens is 1. The summed E-state index contributed by atoms with van der Waals surface area (Å²) in [7, 11) is 0. The average molecular weight is 257 g/mol. The summed E-state index contributed by atoms with van der Waals surface area (Å²) >= 11 is 0. The third kappa shape index (κ3) is 2.55. The van der Waals surface area contributed by atoms with Crippen LogP contribution in [0.5, 0.6) is 0 Å². The van der Waals surface area contributed by atoms with Crippen molar-refractivity contribution in [1.29, 1.82) is 0 Å². The van der Waals surface area contributed by atoms with Gasteiger partial charge in [-0.25, -0.2) is 17.6 Å². The molecule has 5 heteroatoms. The monoisotopic (exact) mass is 257 g/mol. The number of hydrogen-bond donors (Lipinski definition) is 0. The lowest BCUT2D eigenvalue weighted by Gasteiger charge is -2.07. The molecule has 0 aliphatic carbocycles. The van der Waals surface area contributed by atoms with Crippen molar-refractivity contribution in [3.05, 3.63) is 59.4 Å². The smallest absolute Gasteiger partial charge is 0.165 e. The third-order valence-electron chi connectivity index (χ3n) is 2.71. The molecule has 0 fully saturated rings. The highest BCUT2D eigenvalue weighted by atomic mass is 19.2. The maximum Gasteiger partial charge on any atom is 0.165 e. The third-order valence-corrected chi connectivity index (χ3v) is 2.71. The normalized spacial score (nSPS) is 10.9. The van der Waals surface area contributed by atoms with Crippen molar-refractivity contribution in [2.75, 3.05) is 0 Å². The van der Waals surface area contributed by atoms with Crippen LogP contribution in [-0.2, 0) is 13.0 Å². The van der Waals surface area contributed by atoms with Gasteiger partial charge in [-0.1, -0.05) is 0 Å². The van der Waals surface area contributed by atoms with Crippen molar-refractivity contribution in [2.24, 2.45) is 0 Å². The van der Waals surface area contributed by atoms with Crippen molar-refractivity contribution < 1.29 is 17.6 Å². The number of nitrogens with zero attached hydrogens (tertiary/aromatic N) is 1. The molecule has 2 rings (SSSR count). The SMILES string of the molecule is Fc1cc(F)c(F)c(CCCn2cccc2)c1F. The zero-order valence-electron chi connectivity index (χ0n) is 9.47. The first-order valence-electron chi connectivity index (χ1n) is 5.52. The fourth-order valence-electron chi connectivity index (χ4n) is 1.80. The van der Waals surface area contributed by atoms with Crippen LogP contribution in [-0.4, -0.2) is 4.57 Å². The topological polar surface area (TPSA) is 4.93 Å². The first kappa shape index (κ1) is 12.7. The van der Waals surface area contributed by atoms with E-state index < -0.39 is 28.8 Å². The Labute approximate surface area is 102 Å². The van der Waals surface area contributed by atoms with Crippen LogP contribution in [0.15, 0.2) is 30.6 Å². The van der Waals surface area contributed by atoms with Crippen molar-refractivity contribution in [3.8, 4) is 0 Å². The van der Waals surface area contributed by atoms with Gasteiger partial charge in [0.2, 0.25) is 0 Å². The molecule has 1 aromatic heterocycles. The largest absolute Gasteiger partial charge is 0.354 e. The highest BCUT2D eigenvalue weighted by Crippen LogP contribution is 2.20. The first-order valence-corrected chi connectivity index (χ1v) is 5.52. The molecule has 0 bridgehead atoms. The Morgan fingerprint density at radius 3 is 2.00 bits per heavy atom. The van der Waals surface area contributed by atoms with E-state index in [-0.39, 0.29) is 12.5 Å². The number of aryl methyl sites for hydroxylation is 1. The summed E-state index contributed by atoms with van der Waals surface area (Å²) in [5, 5.41) is 0. The molecule has 96 valence electrons. The summed E-state index contributed by atoms with van der Waals surface area (Å²) in [6, 6.07) is 3.87. The van der Waals surface area contributed by atoms with Crippen LogP contribution in [0.3, 0.4) is 0 Å². The molecule has 18 heavy (non-hydrogen) atoms. The molecule has 0 aliphatic rings. The van der Waals surface area contributed by atoms with Gasteiger partial charge in [-0.3, -0.25) is 0 Å². The molecule has 1 aromatic carbocycles. The minimum atomic E-state index is -1.36. The molecule has 1 nitrogen and oxygen atoms in total. The first-order chi connectivity index (χ1) is 8.59. The predicted molar refractivity (Wildman–Crippen MR) is 59.0 cm³/mol. The summed E-state index contributed by atoms with van der Waals surface area (Å²) in [5.74, 6) is -5.32. The van der Waals surface area contributed by atoms with Gasteiger partial charge in [0.15, 0.2) is 23.3 Å². The fraction of sp³-hybridized carbons (Fsp3) is 0.231. The number of halogens is 4. The van der Waals surface area contributed by atoms with Crippen molar-refractivity contribution >= 4 is 0 Å². The molecule has 0 saturated heterocycles. The molecule has 1 heterocycles.